The molecule has 0 aromatic rings. The molecule has 286 valence electrons. The van der Waals surface area contributed by atoms with E-state index in [1.807, 2.05) is 0 Å². The van der Waals surface area contributed by atoms with Crippen molar-refractivity contribution in [3.63, 3.8) is 0 Å². The Morgan fingerprint density at radius 3 is 2.37 bits per heavy atom. The van der Waals surface area contributed by atoms with E-state index in [1.165, 1.54) is 0 Å². The highest BCUT2D eigenvalue weighted by atomic mass is 16.7. The normalized spacial score (nSPS) is 49.6. The zero-order chi connectivity index (χ0) is 35.4. The molecule has 8 aliphatic rings. The van der Waals surface area contributed by atoms with Crippen molar-refractivity contribution in [1.82, 2.24) is 0 Å². The Kier molecular flexibility index (Phi) is 10.9. The highest BCUT2D eigenvalue weighted by molar-refractivity contribution is 5.79. The maximum atomic E-state index is 14.0. The largest absolute Gasteiger partial charge is 0.394 e. The Labute approximate surface area is 302 Å². The number of hydrogen-bond donors (Lipinski definition) is 2. The second-order valence-electron chi connectivity index (χ2n) is 17.0. The summed E-state index contributed by atoms with van der Waals surface area (Å²) in [6, 6.07) is 0. The predicted molar refractivity (Wildman–Crippen MR) is 185 cm³/mol. The van der Waals surface area contributed by atoms with Gasteiger partial charge >= 0.3 is 0 Å². The third-order valence-corrected chi connectivity index (χ3v) is 13.5. The van der Waals surface area contributed by atoms with Crippen LogP contribution in [0.25, 0.3) is 0 Å². The van der Waals surface area contributed by atoms with Crippen molar-refractivity contribution < 1.29 is 52.9 Å². The number of Topliss-reactive ketones (excluding diaryl/α,β-unsaturated/α-hetero) is 1. The number of aliphatic hydroxyl groups is 2. The van der Waals surface area contributed by atoms with E-state index >= 15 is 0 Å². The second-order valence-corrected chi connectivity index (χ2v) is 17.0. The SMILES string of the molecule is C=C1C(C)CC2CC[C@@H]3OC(CC[C@]45CCC(O4)[C@H]4CC(O5)[C@H]5OC(CCC5O4)CC(=O)CC4[C@@H](OC)C(CC(O)CO)O[C@H]4CC1O2)CC3=C. The molecule has 8 saturated heterocycles. The standard InChI is InChI=1S/C40H60O11/c1-21-13-26-5-7-30-22(2)14-28(45-30)9-11-40-12-10-31(50-40)35-19-37(51-40)39-32(48-35)8-6-27(47-39)15-24(42)16-29-34(18-33(46-26)23(21)3)49-36(38(29)44-4)17-25(43)20-41/h21,25-39,41,43H,2-3,5-20H2,1,4H3/t21?,25?,26?,27?,28?,29?,30-,31?,32?,33?,34-,35+,36?,37?,38+,39-,40-/m0/s1. The summed E-state index contributed by atoms with van der Waals surface area (Å²) < 4.78 is 53.1. The van der Waals surface area contributed by atoms with Gasteiger partial charge in [-0.1, -0.05) is 20.1 Å². The molecule has 1 spiro atoms. The topological polar surface area (TPSA) is 131 Å². The van der Waals surface area contributed by atoms with Crippen LogP contribution in [0.3, 0.4) is 0 Å². The van der Waals surface area contributed by atoms with Gasteiger partial charge in [-0.3, -0.25) is 4.79 Å². The lowest BCUT2D eigenvalue weighted by atomic mass is 9.81. The number of hydrogen-bond acceptors (Lipinski definition) is 11. The molecule has 2 N–H and O–H groups in total. The van der Waals surface area contributed by atoms with Crippen molar-refractivity contribution >= 4 is 5.78 Å². The van der Waals surface area contributed by atoms with Crippen LogP contribution in [0.2, 0.25) is 0 Å². The highest BCUT2D eigenvalue weighted by Gasteiger charge is 2.57. The van der Waals surface area contributed by atoms with Gasteiger partial charge in [0.15, 0.2) is 5.79 Å². The van der Waals surface area contributed by atoms with Gasteiger partial charge in [0, 0.05) is 58.0 Å². The number of fused-ring (bicyclic) bond motifs is 9. The summed E-state index contributed by atoms with van der Waals surface area (Å²) in [7, 11) is 1.63. The van der Waals surface area contributed by atoms with E-state index in [0.29, 0.717) is 12.8 Å². The van der Waals surface area contributed by atoms with Crippen LogP contribution in [0.15, 0.2) is 24.3 Å². The quantitative estimate of drug-likeness (QED) is 0.400. The molecule has 11 unspecified atom stereocenters. The first-order chi connectivity index (χ1) is 24.6. The van der Waals surface area contributed by atoms with Crippen molar-refractivity contribution in [2.24, 2.45) is 11.8 Å². The van der Waals surface area contributed by atoms with Gasteiger partial charge < -0.3 is 48.1 Å². The molecule has 8 fully saturated rings. The van der Waals surface area contributed by atoms with Crippen LogP contribution in [0.4, 0.5) is 0 Å². The predicted octanol–water partition coefficient (Wildman–Crippen LogP) is 4.48. The summed E-state index contributed by atoms with van der Waals surface area (Å²) in [4.78, 5) is 14.0. The van der Waals surface area contributed by atoms with E-state index in [9.17, 15) is 15.0 Å². The number of aliphatic hydroxyl groups excluding tert-OH is 2. The van der Waals surface area contributed by atoms with Gasteiger partial charge in [0.2, 0.25) is 0 Å². The highest BCUT2D eigenvalue weighted by Crippen LogP contribution is 2.49. The maximum absolute atomic E-state index is 14.0. The first-order valence-electron chi connectivity index (χ1n) is 19.9. The zero-order valence-corrected chi connectivity index (χ0v) is 30.5. The first-order valence-corrected chi connectivity index (χ1v) is 19.9. The summed E-state index contributed by atoms with van der Waals surface area (Å²) >= 11 is 0. The Hall–Kier alpha value is -1.25. The molecule has 11 heteroatoms. The molecule has 0 aromatic heterocycles. The first kappa shape index (κ1) is 36.7. The van der Waals surface area contributed by atoms with Crippen LogP contribution >= 0.6 is 0 Å². The molecule has 10 bridgehead atoms. The summed E-state index contributed by atoms with van der Waals surface area (Å²) in [5, 5.41) is 20.0. The Morgan fingerprint density at radius 2 is 1.55 bits per heavy atom. The maximum Gasteiger partial charge on any atom is 0.169 e. The van der Waals surface area contributed by atoms with Crippen molar-refractivity contribution in [3.05, 3.63) is 24.3 Å². The fourth-order valence-electron chi connectivity index (χ4n) is 10.8. The molecule has 51 heavy (non-hydrogen) atoms. The van der Waals surface area contributed by atoms with E-state index in [-0.39, 0.29) is 104 Å². The smallest absolute Gasteiger partial charge is 0.169 e. The van der Waals surface area contributed by atoms with Crippen molar-refractivity contribution in [1.29, 1.82) is 0 Å². The molecule has 0 saturated carbocycles. The van der Waals surface area contributed by atoms with E-state index in [0.717, 1.165) is 81.8 Å². The molecule has 8 heterocycles. The van der Waals surface area contributed by atoms with Gasteiger partial charge in [-0.25, -0.2) is 0 Å². The molecule has 8 rings (SSSR count). The molecule has 8 aliphatic heterocycles. The van der Waals surface area contributed by atoms with Gasteiger partial charge in [-0.2, -0.15) is 0 Å². The molecule has 11 nitrogen and oxygen atoms in total. The van der Waals surface area contributed by atoms with Crippen molar-refractivity contribution in [2.75, 3.05) is 13.7 Å². The fourth-order valence-corrected chi connectivity index (χ4v) is 10.8. The second kappa shape index (κ2) is 15.1. The average molecular weight is 717 g/mol. The molecular formula is C40H60O11. The molecule has 0 amide bonds. The number of ether oxygens (including phenoxy) is 8. The number of carbonyl (C=O) groups is 1. The average Bonchev–Trinajstić information content (AvgIpc) is 3.76. The lowest BCUT2D eigenvalue weighted by molar-refractivity contribution is -0.276. The number of carbonyl (C=O) groups excluding carboxylic acids is 1. The van der Waals surface area contributed by atoms with Crippen LogP contribution in [-0.2, 0) is 42.7 Å². The summed E-state index contributed by atoms with van der Waals surface area (Å²) in [5.41, 5.74) is 2.19. The molecular weight excluding hydrogens is 656 g/mol. The Morgan fingerprint density at radius 1 is 0.784 bits per heavy atom. The number of rotatable bonds is 4. The minimum absolute atomic E-state index is 0.00388. The van der Waals surface area contributed by atoms with Crippen LogP contribution in [0.1, 0.15) is 103 Å². The van der Waals surface area contributed by atoms with E-state index in [2.05, 4.69) is 20.1 Å². The number of methoxy groups -OCH3 is 1. The molecule has 0 aliphatic carbocycles. The van der Waals surface area contributed by atoms with E-state index in [4.69, 9.17) is 37.9 Å². The lowest BCUT2D eigenvalue weighted by Crippen LogP contribution is -2.56. The van der Waals surface area contributed by atoms with Gasteiger partial charge in [0.1, 0.15) is 11.9 Å². The van der Waals surface area contributed by atoms with Crippen molar-refractivity contribution in [3.8, 4) is 0 Å². The molecule has 17 atom stereocenters. The van der Waals surface area contributed by atoms with Crippen LogP contribution in [-0.4, -0.2) is 121 Å². The van der Waals surface area contributed by atoms with Crippen LogP contribution in [0, 0.1) is 11.8 Å². The molecule has 0 radical (unpaired) electrons. The Balaban J connectivity index is 1.05. The minimum atomic E-state index is -0.942. The summed E-state index contributed by atoms with van der Waals surface area (Å²) in [6.07, 6.45) is 7.43. The van der Waals surface area contributed by atoms with Gasteiger partial charge in [0.05, 0.1) is 86.0 Å². The summed E-state index contributed by atoms with van der Waals surface area (Å²) in [6.45, 7) is 10.7. The monoisotopic (exact) mass is 716 g/mol. The third kappa shape index (κ3) is 7.56. The molecule has 0 aromatic carbocycles. The third-order valence-electron chi connectivity index (χ3n) is 13.5. The summed E-state index contributed by atoms with van der Waals surface area (Å²) in [5.74, 6) is -0.547. The fraction of sp³-hybridized carbons (Fsp3) is 0.875. The van der Waals surface area contributed by atoms with Gasteiger partial charge in [-0.15, -0.1) is 0 Å². The zero-order valence-electron chi connectivity index (χ0n) is 30.5. The lowest BCUT2D eigenvalue weighted by Gasteiger charge is -2.47. The Bertz CT molecular complexity index is 1290. The van der Waals surface area contributed by atoms with Crippen LogP contribution in [0.5, 0.6) is 0 Å². The number of ketones is 1. The van der Waals surface area contributed by atoms with E-state index < -0.39 is 24.1 Å². The van der Waals surface area contributed by atoms with Gasteiger partial charge in [0.25, 0.3) is 0 Å². The van der Waals surface area contributed by atoms with E-state index in [1.54, 1.807) is 7.11 Å². The van der Waals surface area contributed by atoms with Crippen LogP contribution < -0.4 is 0 Å². The van der Waals surface area contributed by atoms with Gasteiger partial charge in [-0.05, 0) is 68.4 Å². The minimum Gasteiger partial charge on any atom is -0.394 e. The van der Waals surface area contributed by atoms with Crippen molar-refractivity contribution in [2.45, 2.75) is 194 Å².